The summed E-state index contributed by atoms with van der Waals surface area (Å²) in [5.74, 6) is 1.000. The number of aliphatic imine (C=N–C) groups is 1. The Balaban J connectivity index is 0.00000272. The number of halogens is 1. The van der Waals surface area contributed by atoms with Crippen LogP contribution in [0.2, 0.25) is 0 Å². The van der Waals surface area contributed by atoms with E-state index in [0.717, 1.165) is 50.8 Å². The summed E-state index contributed by atoms with van der Waals surface area (Å²) in [5.41, 5.74) is 5.01. The summed E-state index contributed by atoms with van der Waals surface area (Å²) in [6.07, 6.45) is 1.60. The van der Waals surface area contributed by atoms with Gasteiger partial charge in [-0.1, -0.05) is 42.5 Å². The summed E-state index contributed by atoms with van der Waals surface area (Å²) in [6, 6.07) is 16.8. The van der Waals surface area contributed by atoms with Gasteiger partial charge >= 0.3 is 0 Å². The van der Waals surface area contributed by atoms with Crippen LogP contribution >= 0.6 is 24.0 Å². The van der Waals surface area contributed by atoms with Crippen molar-refractivity contribution in [1.82, 2.24) is 15.5 Å². The van der Waals surface area contributed by atoms with Gasteiger partial charge in [0.1, 0.15) is 0 Å². The van der Waals surface area contributed by atoms with Crippen LogP contribution in [-0.4, -0.2) is 49.5 Å². The Kier molecular flexibility index (Phi) is 8.71. The van der Waals surface area contributed by atoms with Crippen LogP contribution in [0.5, 0.6) is 0 Å². The van der Waals surface area contributed by atoms with Gasteiger partial charge in [0.25, 0.3) is 0 Å². The lowest BCUT2D eigenvalue weighted by Gasteiger charge is -2.29. The Hall–Kier alpha value is -2.13. The Morgan fingerprint density at radius 1 is 1.13 bits per heavy atom. The predicted octanol–water partition coefficient (Wildman–Crippen LogP) is 3.34. The van der Waals surface area contributed by atoms with E-state index < -0.39 is 0 Å². The summed E-state index contributed by atoms with van der Waals surface area (Å²) in [6.45, 7) is 7.41. The first-order valence-corrected chi connectivity index (χ1v) is 10.9. The molecule has 2 aromatic carbocycles. The normalized spacial score (nSPS) is 18.3. The fourth-order valence-corrected chi connectivity index (χ4v) is 4.29. The highest BCUT2D eigenvalue weighted by Crippen LogP contribution is 2.31. The number of carbonyl (C=O) groups excluding carboxylic acids is 1. The van der Waals surface area contributed by atoms with Gasteiger partial charge < -0.3 is 16.0 Å². The van der Waals surface area contributed by atoms with Crippen LogP contribution in [0.3, 0.4) is 0 Å². The minimum atomic E-state index is 0. The zero-order valence-corrected chi connectivity index (χ0v) is 20.4. The molecule has 0 saturated heterocycles. The molecular weight excluding hydrogens is 501 g/mol. The lowest BCUT2D eigenvalue weighted by atomic mass is 9.91. The van der Waals surface area contributed by atoms with Crippen LogP contribution in [0.15, 0.2) is 53.5 Å². The van der Waals surface area contributed by atoms with E-state index in [0.29, 0.717) is 13.0 Å². The highest BCUT2D eigenvalue weighted by atomic mass is 127. The van der Waals surface area contributed by atoms with Crippen molar-refractivity contribution in [2.24, 2.45) is 4.99 Å². The van der Waals surface area contributed by atoms with Gasteiger partial charge in [0.05, 0.1) is 6.54 Å². The summed E-state index contributed by atoms with van der Waals surface area (Å²) < 4.78 is 0. The zero-order chi connectivity index (χ0) is 20.8. The molecule has 3 N–H and O–H groups in total. The third kappa shape index (κ3) is 6.20. The molecule has 31 heavy (non-hydrogen) atoms. The summed E-state index contributed by atoms with van der Waals surface area (Å²) in [4.78, 5) is 19.3. The number of hydrogen-bond donors (Lipinski definition) is 3. The minimum Gasteiger partial charge on any atom is -0.357 e. The van der Waals surface area contributed by atoms with E-state index in [1.807, 2.05) is 18.2 Å². The van der Waals surface area contributed by atoms with E-state index in [-0.39, 0.29) is 35.8 Å². The second kappa shape index (κ2) is 11.5. The first kappa shape index (κ1) is 23.5. The van der Waals surface area contributed by atoms with Crippen molar-refractivity contribution < 1.29 is 4.79 Å². The van der Waals surface area contributed by atoms with Crippen LogP contribution in [0.4, 0.5) is 5.69 Å². The second-order valence-electron chi connectivity index (χ2n) is 7.98. The monoisotopic (exact) mass is 533 g/mol. The van der Waals surface area contributed by atoms with Crippen LogP contribution in [0, 0.1) is 0 Å². The van der Waals surface area contributed by atoms with Gasteiger partial charge in [-0.05, 0) is 36.1 Å². The maximum absolute atomic E-state index is 12.0. The molecule has 1 amide bonds. The predicted molar refractivity (Wildman–Crippen MR) is 137 cm³/mol. The molecule has 0 saturated carbocycles. The number of para-hydroxylation sites is 1. The van der Waals surface area contributed by atoms with E-state index in [4.69, 9.17) is 4.99 Å². The van der Waals surface area contributed by atoms with E-state index in [1.54, 1.807) is 0 Å². The molecule has 0 spiro atoms. The van der Waals surface area contributed by atoms with Crippen LogP contribution in [0.1, 0.15) is 36.0 Å². The maximum Gasteiger partial charge on any atom is 0.225 e. The van der Waals surface area contributed by atoms with Crippen molar-refractivity contribution in [2.45, 2.75) is 32.2 Å². The Bertz CT molecular complexity index is 916. The van der Waals surface area contributed by atoms with Crippen molar-refractivity contribution in [3.8, 4) is 0 Å². The summed E-state index contributed by atoms with van der Waals surface area (Å²) >= 11 is 0. The second-order valence-corrected chi connectivity index (χ2v) is 7.98. The molecule has 7 heteroatoms. The number of rotatable bonds is 6. The first-order chi connectivity index (χ1) is 14.7. The largest absolute Gasteiger partial charge is 0.357 e. The molecule has 166 valence electrons. The third-order valence-electron chi connectivity index (χ3n) is 5.85. The molecule has 2 aromatic rings. The summed E-state index contributed by atoms with van der Waals surface area (Å²) in [5, 5.41) is 9.75. The molecule has 0 aromatic heterocycles. The standard InChI is InChI=1S/C24H31N5O.HI/c1-2-25-24(26-12-14-29-13-11-18-7-3-4-8-19(18)17-29)27-16-20-15-23(30)28-22-10-6-5-9-21(20)22;/h3-10,20H,2,11-17H2,1H3,(H,28,30)(H2,25,26,27);1H. The van der Waals surface area contributed by atoms with Crippen LogP contribution in [0.25, 0.3) is 0 Å². The molecule has 1 atom stereocenters. The van der Waals surface area contributed by atoms with Gasteiger partial charge in [-0.25, -0.2) is 0 Å². The quantitative estimate of drug-likeness (QED) is 0.303. The van der Waals surface area contributed by atoms with Crippen molar-refractivity contribution in [3.63, 3.8) is 0 Å². The number of hydrogen-bond acceptors (Lipinski definition) is 3. The Morgan fingerprint density at radius 2 is 1.90 bits per heavy atom. The van der Waals surface area contributed by atoms with E-state index in [2.05, 4.69) is 58.1 Å². The van der Waals surface area contributed by atoms with Crippen molar-refractivity contribution >= 4 is 41.5 Å². The number of fused-ring (bicyclic) bond motifs is 2. The number of nitrogens with zero attached hydrogens (tertiary/aromatic N) is 2. The average Bonchev–Trinajstić information content (AvgIpc) is 2.77. The van der Waals surface area contributed by atoms with Gasteiger partial charge in [-0.3, -0.25) is 14.7 Å². The highest BCUT2D eigenvalue weighted by Gasteiger charge is 2.24. The SMILES string of the molecule is CCNC(=NCC1CC(=O)Nc2ccccc21)NCCN1CCc2ccccc2C1.I. The zero-order valence-electron chi connectivity index (χ0n) is 18.1. The topological polar surface area (TPSA) is 68.8 Å². The van der Waals surface area contributed by atoms with E-state index in [9.17, 15) is 4.79 Å². The minimum absolute atomic E-state index is 0. The van der Waals surface area contributed by atoms with Crippen molar-refractivity contribution in [2.75, 3.05) is 38.0 Å². The summed E-state index contributed by atoms with van der Waals surface area (Å²) in [7, 11) is 0. The number of benzene rings is 2. The van der Waals surface area contributed by atoms with Crippen LogP contribution < -0.4 is 16.0 Å². The molecule has 0 radical (unpaired) electrons. The number of carbonyl (C=O) groups is 1. The van der Waals surface area contributed by atoms with Gasteiger partial charge in [0, 0.05) is 50.7 Å². The molecule has 4 rings (SSSR count). The molecule has 2 aliphatic rings. The number of amides is 1. The van der Waals surface area contributed by atoms with Crippen molar-refractivity contribution in [3.05, 3.63) is 65.2 Å². The number of nitrogens with one attached hydrogen (secondary N) is 3. The first-order valence-electron chi connectivity index (χ1n) is 10.9. The lowest BCUT2D eigenvalue weighted by molar-refractivity contribution is -0.116. The Morgan fingerprint density at radius 3 is 2.74 bits per heavy atom. The number of anilines is 1. The molecular formula is C24H32IN5O. The smallest absolute Gasteiger partial charge is 0.225 e. The highest BCUT2D eigenvalue weighted by molar-refractivity contribution is 14.0. The molecule has 2 heterocycles. The van der Waals surface area contributed by atoms with Crippen molar-refractivity contribution in [1.29, 1.82) is 0 Å². The molecule has 2 aliphatic heterocycles. The molecule has 6 nitrogen and oxygen atoms in total. The van der Waals surface area contributed by atoms with Gasteiger partial charge in [-0.15, -0.1) is 24.0 Å². The number of guanidine groups is 1. The molecule has 0 bridgehead atoms. The average molecular weight is 533 g/mol. The fourth-order valence-electron chi connectivity index (χ4n) is 4.29. The van der Waals surface area contributed by atoms with Crippen LogP contribution in [-0.2, 0) is 17.8 Å². The molecule has 0 aliphatic carbocycles. The van der Waals surface area contributed by atoms with E-state index >= 15 is 0 Å². The molecule has 1 unspecified atom stereocenters. The molecule has 0 fully saturated rings. The Labute approximate surface area is 201 Å². The maximum atomic E-state index is 12.0. The van der Waals surface area contributed by atoms with E-state index in [1.165, 1.54) is 16.7 Å². The van der Waals surface area contributed by atoms with Gasteiger partial charge in [0.2, 0.25) is 5.91 Å². The fraction of sp³-hybridized carbons (Fsp3) is 0.417. The lowest BCUT2D eigenvalue weighted by Crippen LogP contribution is -2.43. The van der Waals surface area contributed by atoms with Gasteiger partial charge in [-0.2, -0.15) is 0 Å². The third-order valence-corrected chi connectivity index (χ3v) is 5.85. The van der Waals surface area contributed by atoms with Gasteiger partial charge in [0.15, 0.2) is 5.96 Å².